The number of hydrogen-bond acceptors (Lipinski definition) is 3. The lowest BCUT2D eigenvalue weighted by Crippen LogP contribution is -2.22. The molecule has 4 nitrogen and oxygen atoms in total. The SMILES string of the molecule is CC(C)COc1ccccc1-c1ccc(CO)c(=O)n1C. The first-order valence-corrected chi connectivity index (χ1v) is 7.06. The van der Waals surface area contributed by atoms with Crippen LogP contribution in [0.15, 0.2) is 41.2 Å². The molecular formula is C17H21NO3. The van der Waals surface area contributed by atoms with E-state index in [-0.39, 0.29) is 12.2 Å². The number of aliphatic hydroxyl groups excluding tert-OH is 1. The van der Waals surface area contributed by atoms with Crippen LogP contribution in [0.3, 0.4) is 0 Å². The van der Waals surface area contributed by atoms with Gasteiger partial charge in [0.15, 0.2) is 0 Å². The number of para-hydroxylation sites is 1. The molecule has 0 unspecified atom stereocenters. The van der Waals surface area contributed by atoms with Crippen molar-refractivity contribution in [3.05, 3.63) is 52.3 Å². The third-order valence-corrected chi connectivity index (χ3v) is 3.29. The van der Waals surface area contributed by atoms with E-state index < -0.39 is 0 Å². The molecule has 1 N–H and O–H groups in total. The summed E-state index contributed by atoms with van der Waals surface area (Å²) in [5.41, 5.74) is 1.86. The Bertz CT molecular complexity index is 674. The van der Waals surface area contributed by atoms with Gasteiger partial charge in [-0.05, 0) is 30.2 Å². The maximum atomic E-state index is 12.1. The molecule has 0 atom stereocenters. The monoisotopic (exact) mass is 287 g/mol. The normalized spacial score (nSPS) is 10.9. The number of rotatable bonds is 5. The summed E-state index contributed by atoms with van der Waals surface area (Å²) in [7, 11) is 1.70. The molecule has 21 heavy (non-hydrogen) atoms. The van der Waals surface area contributed by atoms with E-state index in [9.17, 15) is 4.79 Å². The van der Waals surface area contributed by atoms with Gasteiger partial charge in [-0.2, -0.15) is 0 Å². The van der Waals surface area contributed by atoms with Gasteiger partial charge in [-0.25, -0.2) is 0 Å². The van der Waals surface area contributed by atoms with Crippen LogP contribution in [-0.4, -0.2) is 16.3 Å². The first-order valence-electron chi connectivity index (χ1n) is 7.06. The van der Waals surface area contributed by atoms with Gasteiger partial charge >= 0.3 is 0 Å². The Labute approximate surface area is 124 Å². The van der Waals surface area contributed by atoms with Gasteiger partial charge in [0.1, 0.15) is 5.75 Å². The van der Waals surface area contributed by atoms with Crippen LogP contribution >= 0.6 is 0 Å². The number of aliphatic hydroxyl groups is 1. The minimum Gasteiger partial charge on any atom is -0.493 e. The molecule has 0 saturated carbocycles. The smallest absolute Gasteiger partial charge is 0.256 e. The fourth-order valence-corrected chi connectivity index (χ4v) is 2.14. The Balaban J connectivity index is 2.47. The highest BCUT2D eigenvalue weighted by Gasteiger charge is 2.11. The third kappa shape index (κ3) is 3.34. The summed E-state index contributed by atoms with van der Waals surface area (Å²) < 4.78 is 7.38. The van der Waals surface area contributed by atoms with Gasteiger partial charge in [0, 0.05) is 18.2 Å². The highest BCUT2D eigenvalue weighted by Crippen LogP contribution is 2.29. The quantitative estimate of drug-likeness (QED) is 0.919. The predicted octanol–water partition coefficient (Wildman–Crippen LogP) is 2.58. The Morgan fingerprint density at radius 2 is 1.90 bits per heavy atom. The van der Waals surface area contributed by atoms with Gasteiger partial charge in [0.25, 0.3) is 5.56 Å². The molecule has 1 aromatic heterocycles. The van der Waals surface area contributed by atoms with Crippen molar-refractivity contribution in [2.24, 2.45) is 13.0 Å². The van der Waals surface area contributed by atoms with E-state index >= 15 is 0 Å². The molecule has 1 heterocycles. The summed E-state index contributed by atoms with van der Waals surface area (Å²) in [5.74, 6) is 1.19. The summed E-state index contributed by atoms with van der Waals surface area (Å²) in [4.78, 5) is 12.1. The molecule has 2 rings (SSSR count). The molecule has 0 saturated heterocycles. The highest BCUT2D eigenvalue weighted by molar-refractivity contribution is 5.67. The highest BCUT2D eigenvalue weighted by atomic mass is 16.5. The van der Waals surface area contributed by atoms with E-state index in [0.29, 0.717) is 18.1 Å². The molecule has 0 spiro atoms. The predicted molar refractivity (Wildman–Crippen MR) is 83.4 cm³/mol. The van der Waals surface area contributed by atoms with Gasteiger partial charge in [-0.1, -0.05) is 26.0 Å². The fraction of sp³-hybridized carbons (Fsp3) is 0.353. The van der Waals surface area contributed by atoms with Gasteiger partial charge in [0.2, 0.25) is 0 Å². The van der Waals surface area contributed by atoms with Crippen molar-refractivity contribution in [2.45, 2.75) is 20.5 Å². The van der Waals surface area contributed by atoms with E-state index in [2.05, 4.69) is 13.8 Å². The number of aromatic nitrogens is 1. The van der Waals surface area contributed by atoms with E-state index in [1.165, 1.54) is 0 Å². The van der Waals surface area contributed by atoms with Crippen LogP contribution in [0, 0.1) is 5.92 Å². The molecular weight excluding hydrogens is 266 g/mol. The third-order valence-electron chi connectivity index (χ3n) is 3.29. The lowest BCUT2D eigenvalue weighted by Gasteiger charge is -2.15. The van der Waals surface area contributed by atoms with Crippen molar-refractivity contribution in [3.8, 4) is 17.0 Å². The lowest BCUT2D eigenvalue weighted by molar-refractivity contribution is 0.272. The van der Waals surface area contributed by atoms with Gasteiger partial charge < -0.3 is 14.4 Å². The molecule has 0 fully saturated rings. The van der Waals surface area contributed by atoms with E-state index in [4.69, 9.17) is 9.84 Å². The lowest BCUT2D eigenvalue weighted by atomic mass is 10.1. The second kappa shape index (κ2) is 6.59. The van der Waals surface area contributed by atoms with Crippen LogP contribution in [-0.2, 0) is 13.7 Å². The summed E-state index contributed by atoms with van der Waals surface area (Å²) >= 11 is 0. The Kier molecular flexibility index (Phi) is 4.81. The average molecular weight is 287 g/mol. The maximum absolute atomic E-state index is 12.1. The Morgan fingerprint density at radius 1 is 1.19 bits per heavy atom. The van der Waals surface area contributed by atoms with E-state index in [0.717, 1.165) is 17.0 Å². The molecule has 1 aromatic carbocycles. The first-order chi connectivity index (χ1) is 10.0. The number of ether oxygens (including phenoxy) is 1. The van der Waals surface area contributed by atoms with Gasteiger partial charge in [-0.15, -0.1) is 0 Å². The molecule has 0 aliphatic rings. The van der Waals surface area contributed by atoms with E-state index in [1.54, 1.807) is 17.7 Å². The molecule has 0 aliphatic carbocycles. The molecule has 0 aliphatic heterocycles. The Hall–Kier alpha value is -2.07. The van der Waals surface area contributed by atoms with Crippen LogP contribution in [0.5, 0.6) is 5.75 Å². The van der Waals surface area contributed by atoms with Crippen molar-refractivity contribution in [3.63, 3.8) is 0 Å². The van der Waals surface area contributed by atoms with Crippen LogP contribution in [0.1, 0.15) is 19.4 Å². The topological polar surface area (TPSA) is 51.5 Å². The van der Waals surface area contributed by atoms with Crippen LogP contribution in [0.4, 0.5) is 0 Å². The first kappa shape index (κ1) is 15.3. The molecule has 112 valence electrons. The van der Waals surface area contributed by atoms with Gasteiger partial charge in [0.05, 0.1) is 18.9 Å². The Morgan fingerprint density at radius 3 is 2.57 bits per heavy atom. The number of nitrogens with zero attached hydrogens (tertiary/aromatic N) is 1. The number of hydrogen-bond donors (Lipinski definition) is 1. The summed E-state index contributed by atoms with van der Waals surface area (Å²) in [6, 6.07) is 11.2. The summed E-state index contributed by atoms with van der Waals surface area (Å²) in [5, 5.41) is 9.17. The maximum Gasteiger partial charge on any atom is 0.256 e. The standard InChI is InChI=1S/C17H21NO3/c1-12(2)11-21-16-7-5-4-6-14(16)15-9-8-13(10-19)17(20)18(15)3/h4-9,12,19H,10-11H2,1-3H3. The summed E-state index contributed by atoms with van der Waals surface area (Å²) in [6.07, 6.45) is 0. The second-order valence-electron chi connectivity index (χ2n) is 5.47. The number of pyridine rings is 1. The van der Waals surface area contributed by atoms with Crippen molar-refractivity contribution >= 4 is 0 Å². The van der Waals surface area contributed by atoms with Crippen molar-refractivity contribution in [2.75, 3.05) is 6.61 Å². The second-order valence-corrected chi connectivity index (χ2v) is 5.47. The zero-order valence-electron chi connectivity index (χ0n) is 12.7. The van der Waals surface area contributed by atoms with Crippen LogP contribution in [0.25, 0.3) is 11.3 Å². The molecule has 0 amide bonds. The molecule has 0 radical (unpaired) electrons. The van der Waals surface area contributed by atoms with Crippen molar-refractivity contribution < 1.29 is 9.84 Å². The van der Waals surface area contributed by atoms with Crippen LogP contribution < -0.4 is 10.3 Å². The molecule has 0 bridgehead atoms. The summed E-state index contributed by atoms with van der Waals surface area (Å²) in [6.45, 7) is 4.56. The number of benzene rings is 1. The zero-order valence-corrected chi connectivity index (χ0v) is 12.7. The van der Waals surface area contributed by atoms with Gasteiger partial charge in [-0.3, -0.25) is 4.79 Å². The van der Waals surface area contributed by atoms with Crippen molar-refractivity contribution in [1.29, 1.82) is 0 Å². The van der Waals surface area contributed by atoms with E-state index in [1.807, 2.05) is 30.3 Å². The van der Waals surface area contributed by atoms with Crippen molar-refractivity contribution in [1.82, 2.24) is 4.57 Å². The average Bonchev–Trinajstić information content (AvgIpc) is 2.48. The largest absolute Gasteiger partial charge is 0.493 e. The minimum atomic E-state index is -0.252. The fourth-order valence-electron chi connectivity index (χ4n) is 2.14. The zero-order chi connectivity index (χ0) is 15.4. The minimum absolute atomic E-state index is 0.186. The molecule has 4 heteroatoms. The van der Waals surface area contributed by atoms with Crippen LogP contribution in [0.2, 0.25) is 0 Å². The molecule has 2 aromatic rings.